The summed E-state index contributed by atoms with van der Waals surface area (Å²) in [6, 6.07) is 0.0869. The van der Waals surface area contributed by atoms with Gasteiger partial charge < -0.3 is 30.7 Å². The van der Waals surface area contributed by atoms with Crippen LogP contribution < -0.4 is 15.4 Å². The SMILES string of the molecule is CCCNc1nc(NC(CO)(CO)CO)nc(OC)n1. The van der Waals surface area contributed by atoms with Crippen LogP contribution in [-0.2, 0) is 0 Å². The maximum absolute atomic E-state index is 9.27. The second kappa shape index (κ2) is 7.78. The molecule has 0 fully saturated rings. The fraction of sp³-hybridized carbons (Fsp3) is 0.727. The van der Waals surface area contributed by atoms with E-state index in [2.05, 4.69) is 25.6 Å². The molecule has 0 atom stereocenters. The number of methoxy groups -OCH3 is 1. The van der Waals surface area contributed by atoms with Crippen LogP contribution in [0.2, 0.25) is 0 Å². The average molecular weight is 287 g/mol. The lowest BCUT2D eigenvalue weighted by atomic mass is 10.0. The van der Waals surface area contributed by atoms with E-state index < -0.39 is 25.4 Å². The molecule has 0 radical (unpaired) electrons. The van der Waals surface area contributed by atoms with E-state index >= 15 is 0 Å². The summed E-state index contributed by atoms with van der Waals surface area (Å²) in [4.78, 5) is 12.1. The second-order valence-corrected chi connectivity index (χ2v) is 4.28. The summed E-state index contributed by atoms with van der Waals surface area (Å²) in [6.45, 7) is 1.24. The van der Waals surface area contributed by atoms with E-state index in [0.29, 0.717) is 12.5 Å². The number of anilines is 2. The normalized spacial score (nSPS) is 11.2. The zero-order valence-electron chi connectivity index (χ0n) is 11.6. The Bertz CT molecular complexity index is 406. The van der Waals surface area contributed by atoms with Gasteiger partial charge >= 0.3 is 6.01 Å². The average Bonchev–Trinajstić information content (AvgIpc) is 2.50. The Kier molecular flexibility index (Phi) is 6.36. The van der Waals surface area contributed by atoms with Gasteiger partial charge in [0.15, 0.2) is 0 Å². The highest BCUT2D eigenvalue weighted by Crippen LogP contribution is 2.15. The van der Waals surface area contributed by atoms with Gasteiger partial charge in [0.1, 0.15) is 5.54 Å². The predicted octanol–water partition coefficient (Wildman–Crippen LogP) is -1.17. The fourth-order valence-electron chi connectivity index (χ4n) is 1.33. The van der Waals surface area contributed by atoms with Crippen LogP contribution in [0.4, 0.5) is 11.9 Å². The molecular weight excluding hydrogens is 266 g/mol. The first-order chi connectivity index (χ1) is 9.62. The van der Waals surface area contributed by atoms with Gasteiger partial charge in [-0.05, 0) is 6.42 Å². The number of nitrogens with zero attached hydrogens (tertiary/aromatic N) is 3. The highest BCUT2D eigenvalue weighted by molar-refractivity contribution is 5.38. The quantitative estimate of drug-likeness (QED) is 0.381. The highest BCUT2D eigenvalue weighted by Gasteiger charge is 2.29. The number of aliphatic hydroxyl groups is 3. The topological polar surface area (TPSA) is 133 Å². The molecule has 0 bridgehead atoms. The van der Waals surface area contributed by atoms with E-state index in [1.165, 1.54) is 7.11 Å². The second-order valence-electron chi connectivity index (χ2n) is 4.28. The van der Waals surface area contributed by atoms with E-state index in [9.17, 15) is 15.3 Å². The number of aromatic nitrogens is 3. The molecule has 114 valence electrons. The number of hydrogen-bond acceptors (Lipinski definition) is 9. The third-order valence-corrected chi connectivity index (χ3v) is 2.62. The molecule has 1 aromatic rings. The van der Waals surface area contributed by atoms with E-state index in [0.717, 1.165) is 6.42 Å². The molecule has 0 amide bonds. The van der Waals surface area contributed by atoms with Crippen molar-refractivity contribution in [2.45, 2.75) is 18.9 Å². The molecular formula is C11H21N5O4. The number of rotatable bonds is 9. The number of ether oxygens (including phenoxy) is 1. The van der Waals surface area contributed by atoms with Gasteiger partial charge in [-0.15, -0.1) is 0 Å². The summed E-state index contributed by atoms with van der Waals surface area (Å²) in [5.41, 5.74) is -1.31. The van der Waals surface area contributed by atoms with Crippen LogP contribution in [0.1, 0.15) is 13.3 Å². The minimum atomic E-state index is -1.31. The van der Waals surface area contributed by atoms with Gasteiger partial charge in [-0.1, -0.05) is 6.92 Å². The minimum absolute atomic E-state index is 0.0869. The lowest BCUT2D eigenvalue weighted by Crippen LogP contribution is -2.49. The van der Waals surface area contributed by atoms with Crippen LogP contribution in [-0.4, -0.2) is 69.3 Å². The van der Waals surface area contributed by atoms with Gasteiger partial charge in [0.05, 0.1) is 26.9 Å². The maximum atomic E-state index is 9.27. The van der Waals surface area contributed by atoms with E-state index in [1.54, 1.807) is 0 Å². The molecule has 0 saturated heterocycles. The van der Waals surface area contributed by atoms with Crippen LogP contribution in [0.3, 0.4) is 0 Å². The molecule has 0 aliphatic rings. The Hall–Kier alpha value is -1.71. The molecule has 1 heterocycles. The summed E-state index contributed by atoms with van der Waals surface area (Å²) in [7, 11) is 1.42. The van der Waals surface area contributed by atoms with Crippen molar-refractivity contribution in [2.24, 2.45) is 0 Å². The molecule has 1 aromatic heterocycles. The summed E-state index contributed by atoms with van der Waals surface area (Å²) in [5.74, 6) is 0.400. The molecule has 0 aliphatic carbocycles. The van der Waals surface area contributed by atoms with Crippen molar-refractivity contribution in [1.82, 2.24) is 15.0 Å². The molecule has 0 saturated carbocycles. The molecule has 0 unspecified atom stereocenters. The number of aliphatic hydroxyl groups excluding tert-OH is 3. The smallest absolute Gasteiger partial charge is 0.322 e. The Morgan fingerprint density at radius 1 is 1.05 bits per heavy atom. The molecule has 0 aromatic carbocycles. The highest BCUT2D eigenvalue weighted by atomic mass is 16.5. The largest absolute Gasteiger partial charge is 0.467 e. The van der Waals surface area contributed by atoms with Gasteiger partial charge in [0, 0.05) is 6.54 Å². The van der Waals surface area contributed by atoms with E-state index in [4.69, 9.17) is 4.74 Å². The van der Waals surface area contributed by atoms with Crippen molar-refractivity contribution in [3.05, 3.63) is 0 Å². The first kappa shape index (κ1) is 16.3. The van der Waals surface area contributed by atoms with Crippen molar-refractivity contribution in [3.8, 4) is 6.01 Å². The number of nitrogens with one attached hydrogen (secondary N) is 2. The summed E-state index contributed by atoms with van der Waals surface area (Å²) >= 11 is 0. The molecule has 20 heavy (non-hydrogen) atoms. The minimum Gasteiger partial charge on any atom is -0.467 e. The Morgan fingerprint density at radius 2 is 1.65 bits per heavy atom. The van der Waals surface area contributed by atoms with E-state index in [1.807, 2.05) is 6.92 Å². The monoisotopic (exact) mass is 287 g/mol. The lowest BCUT2D eigenvalue weighted by molar-refractivity contribution is 0.0827. The maximum Gasteiger partial charge on any atom is 0.322 e. The van der Waals surface area contributed by atoms with Crippen molar-refractivity contribution in [1.29, 1.82) is 0 Å². The number of hydrogen-bond donors (Lipinski definition) is 5. The zero-order valence-corrected chi connectivity index (χ0v) is 11.6. The molecule has 9 nitrogen and oxygen atoms in total. The third kappa shape index (κ3) is 4.15. The Balaban J connectivity index is 2.98. The fourth-order valence-corrected chi connectivity index (χ4v) is 1.33. The lowest BCUT2D eigenvalue weighted by Gasteiger charge is -2.28. The van der Waals surface area contributed by atoms with Crippen LogP contribution >= 0.6 is 0 Å². The van der Waals surface area contributed by atoms with Gasteiger partial charge in [0.2, 0.25) is 11.9 Å². The predicted molar refractivity (Wildman–Crippen MR) is 72.8 cm³/mol. The van der Waals surface area contributed by atoms with Gasteiger partial charge in [-0.3, -0.25) is 0 Å². The van der Waals surface area contributed by atoms with Crippen molar-refractivity contribution >= 4 is 11.9 Å². The van der Waals surface area contributed by atoms with Crippen LogP contribution in [0.5, 0.6) is 6.01 Å². The summed E-state index contributed by atoms with van der Waals surface area (Å²) < 4.78 is 4.96. The van der Waals surface area contributed by atoms with Crippen LogP contribution in [0, 0.1) is 0 Å². The van der Waals surface area contributed by atoms with Gasteiger partial charge in [-0.2, -0.15) is 15.0 Å². The van der Waals surface area contributed by atoms with Crippen LogP contribution in [0.25, 0.3) is 0 Å². The van der Waals surface area contributed by atoms with Gasteiger partial charge in [-0.25, -0.2) is 0 Å². The van der Waals surface area contributed by atoms with Crippen molar-refractivity contribution in [2.75, 3.05) is 44.1 Å². The Morgan fingerprint density at radius 3 is 2.15 bits per heavy atom. The summed E-state index contributed by atoms with van der Waals surface area (Å²) in [6.07, 6.45) is 0.893. The van der Waals surface area contributed by atoms with Gasteiger partial charge in [0.25, 0.3) is 0 Å². The molecule has 0 aliphatic heterocycles. The Labute approximate surface area is 117 Å². The zero-order chi connectivity index (χ0) is 15.0. The van der Waals surface area contributed by atoms with E-state index in [-0.39, 0.29) is 12.0 Å². The third-order valence-electron chi connectivity index (χ3n) is 2.62. The molecule has 5 N–H and O–H groups in total. The molecule has 1 rings (SSSR count). The standard InChI is InChI=1S/C11H21N5O4/c1-3-4-12-8-13-9(15-10(14-8)20-2)16-11(5-17,6-18)7-19/h17-19H,3-7H2,1-2H3,(H2,12,13,14,15,16). The van der Waals surface area contributed by atoms with Crippen LogP contribution in [0.15, 0.2) is 0 Å². The van der Waals surface area contributed by atoms with Crippen molar-refractivity contribution in [3.63, 3.8) is 0 Å². The van der Waals surface area contributed by atoms with Crippen molar-refractivity contribution < 1.29 is 20.1 Å². The molecule has 9 heteroatoms. The summed E-state index contributed by atoms with van der Waals surface area (Å²) in [5, 5.41) is 33.5. The molecule has 0 spiro atoms. The first-order valence-electron chi connectivity index (χ1n) is 6.27. The first-order valence-corrected chi connectivity index (χ1v) is 6.27.